The maximum atomic E-state index is 9.31. The van der Waals surface area contributed by atoms with Crippen LogP contribution in [0, 0.1) is 5.92 Å². The molecule has 1 saturated carbocycles. The Labute approximate surface area is 59.6 Å². The molecule has 58 valence electrons. The highest BCUT2D eigenvalue weighted by atomic mass is 16.6. The lowest BCUT2D eigenvalue weighted by Crippen LogP contribution is -2.41. The Morgan fingerprint density at radius 1 is 1.30 bits per heavy atom. The van der Waals surface area contributed by atoms with E-state index in [9.17, 15) is 10.2 Å². The monoisotopic (exact) mass is 144 g/mol. The maximum Gasteiger partial charge on any atom is 0.113 e. The van der Waals surface area contributed by atoms with Gasteiger partial charge in [0.15, 0.2) is 0 Å². The fourth-order valence-corrected chi connectivity index (χ4v) is 1.68. The SMILES string of the molecule is C[C@@H]1C[C@H]2O[C@H]2[C@H](O)[C@@H]1O. The van der Waals surface area contributed by atoms with E-state index in [4.69, 9.17) is 4.74 Å². The summed E-state index contributed by atoms with van der Waals surface area (Å²) in [6.07, 6.45) is -0.166. The third kappa shape index (κ3) is 0.779. The molecule has 0 spiro atoms. The highest BCUT2D eigenvalue weighted by Gasteiger charge is 2.53. The molecule has 1 heterocycles. The van der Waals surface area contributed by atoms with Crippen LogP contribution in [0.1, 0.15) is 13.3 Å². The number of aliphatic hydroxyl groups excluding tert-OH is 2. The smallest absolute Gasteiger partial charge is 0.113 e. The zero-order chi connectivity index (χ0) is 7.30. The summed E-state index contributed by atoms with van der Waals surface area (Å²) < 4.78 is 5.12. The third-order valence-electron chi connectivity index (χ3n) is 2.50. The van der Waals surface area contributed by atoms with Gasteiger partial charge >= 0.3 is 0 Å². The Morgan fingerprint density at radius 3 is 2.70 bits per heavy atom. The largest absolute Gasteiger partial charge is 0.390 e. The molecule has 0 aromatic rings. The molecule has 0 radical (unpaired) electrons. The number of fused-ring (bicyclic) bond motifs is 1. The van der Waals surface area contributed by atoms with Crippen molar-refractivity contribution in [2.45, 2.75) is 37.8 Å². The normalized spacial score (nSPS) is 59.7. The van der Waals surface area contributed by atoms with Gasteiger partial charge in [0, 0.05) is 0 Å². The third-order valence-corrected chi connectivity index (χ3v) is 2.50. The first-order valence-corrected chi connectivity index (χ1v) is 3.71. The lowest BCUT2D eigenvalue weighted by atomic mass is 9.86. The van der Waals surface area contributed by atoms with Crippen molar-refractivity contribution in [2.75, 3.05) is 0 Å². The first-order valence-electron chi connectivity index (χ1n) is 3.71. The van der Waals surface area contributed by atoms with Gasteiger partial charge in [0.05, 0.1) is 12.2 Å². The van der Waals surface area contributed by atoms with Gasteiger partial charge in [-0.3, -0.25) is 0 Å². The molecule has 0 aromatic carbocycles. The summed E-state index contributed by atoms with van der Waals surface area (Å²) in [6.45, 7) is 1.94. The van der Waals surface area contributed by atoms with Crippen molar-refractivity contribution in [3.05, 3.63) is 0 Å². The van der Waals surface area contributed by atoms with Crippen LogP contribution >= 0.6 is 0 Å². The average molecular weight is 144 g/mol. The van der Waals surface area contributed by atoms with Crippen molar-refractivity contribution in [3.8, 4) is 0 Å². The lowest BCUT2D eigenvalue weighted by molar-refractivity contribution is -0.0325. The van der Waals surface area contributed by atoms with Gasteiger partial charge < -0.3 is 14.9 Å². The minimum atomic E-state index is -0.645. The van der Waals surface area contributed by atoms with Crippen molar-refractivity contribution >= 4 is 0 Å². The van der Waals surface area contributed by atoms with Crippen LogP contribution in [-0.2, 0) is 4.74 Å². The topological polar surface area (TPSA) is 53.0 Å². The van der Waals surface area contributed by atoms with E-state index < -0.39 is 12.2 Å². The minimum Gasteiger partial charge on any atom is -0.390 e. The maximum absolute atomic E-state index is 9.31. The quantitative estimate of drug-likeness (QED) is 0.451. The van der Waals surface area contributed by atoms with Gasteiger partial charge in [-0.2, -0.15) is 0 Å². The zero-order valence-corrected chi connectivity index (χ0v) is 5.90. The molecular formula is C7H12O3. The predicted molar refractivity (Wildman–Crippen MR) is 34.5 cm³/mol. The second-order valence-corrected chi connectivity index (χ2v) is 3.33. The van der Waals surface area contributed by atoms with E-state index in [0.717, 1.165) is 6.42 Å². The molecule has 0 amide bonds. The lowest BCUT2D eigenvalue weighted by Gasteiger charge is -2.25. The standard InChI is InChI=1S/C7H12O3/c1-3-2-4-7(10-4)6(9)5(3)8/h3-9H,2H2,1H3/t3-,4-,5-,6-,7-/m1/s1. The van der Waals surface area contributed by atoms with Gasteiger partial charge in [-0.25, -0.2) is 0 Å². The van der Waals surface area contributed by atoms with Crippen LogP contribution in [0.25, 0.3) is 0 Å². The Kier molecular flexibility index (Phi) is 1.27. The molecule has 2 N–H and O–H groups in total. The van der Waals surface area contributed by atoms with Crippen LogP contribution < -0.4 is 0 Å². The minimum absolute atomic E-state index is 0.0637. The summed E-state index contributed by atoms with van der Waals surface area (Å²) in [6, 6.07) is 0. The summed E-state index contributed by atoms with van der Waals surface area (Å²) in [7, 11) is 0. The second kappa shape index (κ2) is 1.94. The van der Waals surface area contributed by atoms with Gasteiger partial charge in [-0.1, -0.05) is 6.92 Å². The van der Waals surface area contributed by atoms with Gasteiger partial charge in [0.25, 0.3) is 0 Å². The molecular weight excluding hydrogens is 132 g/mol. The van der Waals surface area contributed by atoms with Gasteiger partial charge in [0.2, 0.25) is 0 Å². The second-order valence-electron chi connectivity index (χ2n) is 3.33. The molecule has 5 atom stereocenters. The Hall–Kier alpha value is -0.120. The number of hydrogen-bond acceptors (Lipinski definition) is 3. The van der Waals surface area contributed by atoms with Gasteiger partial charge in [0.1, 0.15) is 12.2 Å². The van der Waals surface area contributed by atoms with E-state index in [2.05, 4.69) is 0 Å². The first kappa shape index (κ1) is 6.58. The Bertz CT molecular complexity index is 146. The van der Waals surface area contributed by atoms with Crippen LogP contribution in [0.5, 0.6) is 0 Å². The van der Waals surface area contributed by atoms with Crippen molar-refractivity contribution in [1.29, 1.82) is 0 Å². The number of aliphatic hydroxyl groups is 2. The van der Waals surface area contributed by atoms with Gasteiger partial charge in [-0.05, 0) is 12.3 Å². The average Bonchev–Trinajstić information content (AvgIpc) is 2.62. The Balaban J connectivity index is 2.07. The zero-order valence-electron chi connectivity index (χ0n) is 5.90. The fraction of sp³-hybridized carbons (Fsp3) is 1.00. The highest BCUT2D eigenvalue weighted by Crippen LogP contribution is 2.39. The number of epoxide rings is 1. The summed E-state index contributed by atoms with van der Waals surface area (Å²) in [4.78, 5) is 0. The molecule has 0 aromatic heterocycles. The molecule has 2 fully saturated rings. The first-order chi connectivity index (χ1) is 4.70. The van der Waals surface area contributed by atoms with Crippen LogP contribution in [0.3, 0.4) is 0 Å². The van der Waals surface area contributed by atoms with E-state index in [1.165, 1.54) is 0 Å². The van der Waals surface area contributed by atoms with Crippen LogP contribution in [0.15, 0.2) is 0 Å². The van der Waals surface area contributed by atoms with Crippen molar-refractivity contribution in [3.63, 3.8) is 0 Å². The molecule has 1 saturated heterocycles. The summed E-state index contributed by atoms with van der Waals surface area (Å²) >= 11 is 0. The molecule has 2 rings (SSSR count). The van der Waals surface area contributed by atoms with Gasteiger partial charge in [-0.15, -0.1) is 0 Å². The summed E-state index contributed by atoms with van der Waals surface area (Å²) in [5, 5.41) is 18.6. The molecule has 0 bridgehead atoms. The van der Waals surface area contributed by atoms with E-state index in [1.807, 2.05) is 6.92 Å². The number of hydrogen-bond donors (Lipinski definition) is 2. The summed E-state index contributed by atoms with van der Waals surface area (Å²) in [5.41, 5.74) is 0. The van der Waals surface area contributed by atoms with Crippen LogP contribution in [-0.4, -0.2) is 34.6 Å². The van der Waals surface area contributed by atoms with E-state index >= 15 is 0 Å². The van der Waals surface area contributed by atoms with Crippen LogP contribution in [0.2, 0.25) is 0 Å². The van der Waals surface area contributed by atoms with E-state index in [1.54, 1.807) is 0 Å². The fourth-order valence-electron chi connectivity index (χ4n) is 1.68. The molecule has 0 unspecified atom stereocenters. The molecule has 1 aliphatic carbocycles. The van der Waals surface area contributed by atoms with Crippen molar-refractivity contribution in [2.24, 2.45) is 5.92 Å². The highest BCUT2D eigenvalue weighted by molar-refractivity contribution is 5.01. The summed E-state index contributed by atoms with van der Waals surface area (Å²) in [5.74, 6) is 0.179. The molecule has 1 aliphatic heterocycles. The molecule has 3 nitrogen and oxygen atoms in total. The number of rotatable bonds is 0. The van der Waals surface area contributed by atoms with Crippen LogP contribution in [0.4, 0.5) is 0 Å². The molecule has 3 heteroatoms. The molecule has 10 heavy (non-hydrogen) atoms. The molecule has 2 aliphatic rings. The van der Waals surface area contributed by atoms with E-state index in [-0.39, 0.29) is 18.1 Å². The number of ether oxygens (including phenoxy) is 1. The van der Waals surface area contributed by atoms with Crippen molar-refractivity contribution < 1.29 is 14.9 Å². The van der Waals surface area contributed by atoms with E-state index in [0.29, 0.717) is 0 Å². The Morgan fingerprint density at radius 2 is 2.00 bits per heavy atom. The predicted octanol–water partition coefficient (Wildman–Crippen LogP) is -0.485. The van der Waals surface area contributed by atoms with Crippen molar-refractivity contribution in [1.82, 2.24) is 0 Å².